The molecule has 1 aromatic rings. The van der Waals surface area contributed by atoms with E-state index in [1.807, 2.05) is 12.4 Å². The number of aromatic nitrogens is 2. The molecule has 1 atom stereocenters. The maximum atomic E-state index is 6.12. The molecule has 0 fully saturated rings. The molecule has 0 bridgehead atoms. The summed E-state index contributed by atoms with van der Waals surface area (Å²) in [5, 5.41) is 0. The van der Waals surface area contributed by atoms with Gasteiger partial charge in [0.05, 0.1) is 6.54 Å². The van der Waals surface area contributed by atoms with E-state index in [0.29, 0.717) is 0 Å². The number of fused-ring (bicyclic) bond motifs is 1. The molecular formula is C12H22N4O. The molecule has 17 heavy (non-hydrogen) atoms. The van der Waals surface area contributed by atoms with Gasteiger partial charge >= 0.3 is 0 Å². The summed E-state index contributed by atoms with van der Waals surface area (Å²) in [4.78, 5) is 6.74. The summed E-state index contributed by atoms with van der Waals surface area (Å²) in [5.74, 6) is 1.15. The first-order valence-corrected chi connectivity index (χ1v) is 6.26. The van der Waals surface area contributed by atoms with E-state index in [1.165, 1.54) is 0 Å². The minimum absolute atomic E-state index is 0.242. The van der Waals surface area contributed by atoms with Gasteiger partial charge in [0, 0.05) is 51.8 Å². The van der Waals surface area contributed by atoms with Crippen LogP contribution in [0.25, 0.3) is 0 Å². The van der Waals surface area contributed by atoms with E-state index in [2.05, 4.69) is 14.5 Å². The SMILES string of the molecule is COCCCC(N)CN1CCn2ccnc2C1. The lowest BCUT2D eigenvalue weighted by atomic mass is 10.1. The third-order valence-corrected chi connectivity index (χ3v) is 3.24. The molecule has 2 heterocycles. The third kappa shape index (κ3) is 3.52. The second-order valence-corrected chi connectivity index (χ2v) is 4.67. The lowest BCUT2D eigenvalue weighted by Crippen LogP contribution is -2.41. The summed E-state index contributed by atoms with van der Waals surface area (Å²) in [6.45, 7) is 4.78. The van der Waals surface area contributed by atoms with E-state index in [1.54, 1.807) is 7.11 Å². The minimum atomic E-state index is 0.242. The highest BCUT2D eigenvalue weighted by Gasteiger charge is 2.18. The normalized spacial score (nSPS) is 18.0. The number of nitrogens with two attached hydrogens (primary N) is 1. The number of nitrogens with zero attached hydrogens (tertiary/aromatic N) is 3. The molecule has 1 aromatic heterocycles. The van der Waals surface area contributed by atoms with E-state index in [9.17, 15) is 0 Å². The Kier molecular flexibility index (Phi) is 4.53. The third-order valence-electron chi connectivity index (χ3n) is 3.24. The van der Waals surface area contributed by atoms with Crippen LogP contribution < -0.4 is 5.73 Å². The van der Waals surface area contributed by atoms with Gasteiger partial charge in [-0.05, 0) is 12.8 Å². The Labute approximate surface area is 103 Å². The summed E-state index contributed by atoms with van der Waals surface area (Å²) >= 11 is 0. The summed E-state index contributed by atoms with van der Waals surface area (Å²) in [6, 6.07) is 0.242. The fraction of sp³-hybridized carbons (Fsp3) is 0.750. The lowest BCUT2D eigenvalue weighted by Gasteiger charge is -2.29. The van der Waals surface area contributed by atoms with Crippen LogP contribution in [0, 0.1) is 0 Å². The van der Waals surface area contributed by atoms with Crippen LogP contribution in [0.1, 0.15) is 18.7 Å². The average molecular weight is 238 g/mol. The minimum Gasteiger partial charge on any atom is -0.385 e. The fourth-order valence-electron chi connectivity index (χ4n) is 2.29. The van der Waals surface area contributed by atoms with Gasteiger partial charge in [-0.2, -0.15) is 0 Å². The van der Waals surface area contributed by atoms with E-state index in [4.69, 9.17) is 10.5 Å². The van der Waals surface area contributed by atoms with Gasteiger partial charge < -0.3 is 15.0 Å². The van der Waals surface area contributed by atoms with E-state index in [0.717, 1.165) is 51.5 Å². The zero-order chi connectivity index (χ0) is 12.1. The lowest BCUT2D eigenvalue weighted by molar-refractivity contribution is 0.176. The van der Waals surface area contributed by atoms with Gasteiger partial charge in [-0.1, -0.05) is 0 Å². The van der Waals surface area contributed by atoms with Crippen molar-refractivity contribution in [1.82, 2.24) is 14.5 Å². The van der Waals surface area contributed by atoms with E-state index < -0.39 is 0 Å². The highest BCUT2D eigenvalue weighted by Crippen LogP contribution is 2.10. The van der Waals surface area contributed by atoms with Crippen LogP contribution in [0.15, 0.2) is 12.4 Å². The number of methoxy groups -OCH3 is 1. The largest absolute Gasteiger partial charge is 0.385 e. The molecule has 0 aliphatic carbocycles. The van der Waals surface area contributed by atoms with Crippen molar-refractivity contribution >= 4 is 0 Å². The Morgan fingerprint density at radius 1 is 1.53 bits per heavy atom. The number of hydrogen-bond acceptors (Lipinski definition) is 4. The molecule has 1 aliphatic rings. The van der Waals surface area contributed by atoms with Crippen LogP contribution in [0.2, 0.25) is 0 Å². The zero-order valence-electron chi connectivity index (χ0n) is 10.5. The van der Waals surface area contributed by atoms with E-state index in [-0.39, 0.29) is 6.04 Å². The summed E-state index contributed by atoms with van der Waals surface area (Å²) in [7, 11) is 1.73. The van der Waals surface area contributed by atoms with E-state index >= 15 is 0 Å². The van der Waals surface area contributed by atoms with Crippen LogP contribution >= 0.6 is 0 Å². The molecule has 0 aromatic carbocycles. The molecule has 0 radical (unpaired) electrons. The number of rotatable bonds is 6. The Bertz CT molecular complexity index is 339. The van der Waals surface area contributed by atoms with Crippen molar-refractivity contribution in [3.05, 3.63) is 18.2 Å². The van der Waals surface area contributed by atoms with Gasteiger partial charge in [-0.3, -0.25) is 4.90 Å². The Hall–Kier alpha value is -0.910. The second-order valence-electron chi connectivity index (χ2n) is 4.67. The van der Waals surface area contributed by atoms with Crippen molar-refractivity contribution in [3.8, 4) is 0 Å². The second kappa shape index (κ2) is 6.14. The highest BCUT2D eigenvalue weighted by molar-refractivity contribution is 4.95. The summed E-state index contributed by atoms with van der Waals surface area (Å²) in [5.41, 5.74) is 6.12. The molecule has 2 N–H and O–H groups in total. The molecule has 5 heteroatoms. The standard InChI is InChI=1S/C12H22N4O/c1-17-8-2-3-11(13)9-15-6-7-16-5-4-14-12(16)10-15/h4-5,11H,2-3,6-10,13H2,1H3. The summed E-state index contributed by atoms with van der Waals surface area (Å²) < 4.78 is 7.25. The van der Waals surface area contributed by atoms with Gasteiger partial charge in [-0.25, -0.2) is 4.98 Å². The maximum absolute atomic E-state index is 6.12. The summed E-state index contributed by atoms with van der Waals surface area (Å²) in [6.07, 6.45) is 5.99. The Morgan fingerprint density at radius 3 is 3.24 bits per heavy atom. The topological polar surface area (TPSA) is 56.3 Å². The van der Waals surface area contributed by atoms with Crippen LogP contribution in [0.3, 0.4) is 0 Å². The number of hydrogen-bond donors (Lipinski definition) is 1. The van der Waals surface area contributed by atoms with Crippen molar-refractivity contribution < 1.29 is 4.74 Å². The molecule has 0 amide bonds. The van der Waals surface area contributed by atoms with Gasteiger partial charge in [0.1, 0.15) is 5.82 Å². The highest BCUT2D eigenvalue weighted by atomic mass is 16.5. The van der Waals surface area contributed by atoms with Crippen LogP contribution in [0.5, 0.6) is 0 Å². The van der Waals surface area contributed by atoms with Gasteiger partial charge in [0.2, 0.25) is 0 Å². The van der Waals surface area contributed by atoms with Crippen molar-refractivity contribution in [2.75, 3.05) is 26.8 Å². The molecule has 5 nitrogen and oxygen atoms in total. The maximum Gasteiger partial charge on any atom is 0.122 e. The van der Waals surface area contributed by atoms with Crippen molar-refractivity contribution in [2.45, 2.75) is 32.0 Å². The molecule has 1 unspecified atom stereocenters. The Balaban J connectivity index is 1.74. The molecule has 0 saturated heterocycles. The molecule has 1 aliphatic heterocycles. The number of imidazole rings is 1. The van der Waals surface area contributed by atoms with Gasteiger partial charge in [-0.15, -0.1) is 0 Å². The Morgan fingerprint density at radius 2 is 2.41 bits per heavy atom. The van der Waals surface area contributed by atoms with Crippen LogP contribution in [0.4, 0.5) is 0 Å². The smallest absolute Gasteiger partial charge is 0.122 e. The van der Waals surface area contributed by atoms with Crippen molar-refractivity contribution in [1.29, 1.82) is 0 Å². The quantitative estimate of drug-likeness (QED) is 0.731. The molecule has 0 spiro atoms. The van der Waals surface area contributed by atoms with Crippen LogP contribution in [-0.2, 0) is 17.8 Å². The predicted octanol–water partition coefficient (Wildman–Crippen LogP) is 0.453. The van der Waals surface area contributed by atoms with Crippen LogP contribution in [-0.4, -0.2) is 47.3 Å². The van der Waals surface area contributed by atoms with Gasteiger partial charge in [0.15, 0.2) is 0 Å². The monoisotopic (exact) mass is 238 g/mol. The number of ether oxygens (including phenoxy) is 1. The predicted molar refractivity (Wildman–Crippen MR) is 66.6 cm³/mol. The van der Waals surface area contributed by atoms with Crippen molar-refractivity contribution in [3.63, 3.8) is 0 Å². The molecule has 2 rings (SSSR count). The zero-order valence-corrected chi connectivity index (χ0v) is 10.5. The fourth-order valence-corrected chi connectivity index (χ4v) is 2.29. The molecule has 96 valence electrons. The molecule has 0 saturated carbocycles. The molecular weight excluding hydrogens is 216 g/mol. The van der Waals surface area contributed by atoms with Crippen molar-refractivity contribution in [2.24, 2.45) is 5.73 Å². The first kappa shape index (κ1) is 12.5. The first-order valence-electron chi connectivity index (χ1n) is 6.26. The first-order chi connectivity index (χ1) is 8.29. The average Bonchev–Trinajstić information content (AvgIpc) is 2.76. The van der Waals surface area contributed by atoms with Gasteiger partial charge in [0.25, 0.3) is 0 Å².